The van der Waals surface area contributed by atoms with E-state index < -0.39 is 5.97 Å². The summed E-state index contributed by atoms with van der Waals surface area (Å²) in [5.74, 6) is 1.15. The highest BCUT2D eigenvalue weighted by Gasteiger charge is 2.19. The summed E-state index contributed by atoms with van der Waals surface area (Å²) in [6, 6.07) is 15.8. The lowest BCUT2D eigenvalue weighted by Gasteiger charge is -2.18. The summed E-state index contributed by atoms with van der Waals surface area (Å²) >= 11 is 3.38. The van der Waals surface area contributed by atoms with Gasteiger partial charge in [0.25, 0.3) is 0 Å². The van der Waals surface area contributed by atoms with E-state index in [1.165, 1.54) is 6.26 Å². The van der Waals surface area contributed by atoms with Crippen molar-refractivity contribution in [3.05, 3.63) is 86.7 Å². The Labute approximate surface area is 204 Å². The van der Waals surface area contributed by atoms with Gasteiger partial charge in [-0.25, -0.2) is 4.79 Å². The molecule has 0 bridgehead atoms. The minimum atomic E-state index is -0.487. The van der Waals surface area contributed by atoms with Crippen LogP contribution in [0.15, 0.2) is 74.5 Å². The molecule has 4 aromatic rings. The number of hydrogen-bond donors (Lipinski definition) is 0. The summed E-state index contributed by atoms with van der Waals surface area (Å²) in [7, 11) is 0. The normalized spacial score (nSPS) is 12.5. The van der Waals surface area contributed by atoms with Gasteiger partial charge in [0.2, 0.25) is 5.43 Å². The maximum atomic E-state index is 13.4. The van der Waals surface area contributed by atoms with Crippen LogP contribution in [-0.4, -0.2) is 19.2 Å². The molecule has 34 heavy (non-hydrogen) atoms. The van der Waals surface area contributed by atoms with Gasteiger partial charge in [-0.1, -0.05) is 31.5 Å². The van der Waals surface area contributed by atoms with Crippen molar-refractivity contribution in [3.8, 4) is 28.4 Å². The molecule has 0 aliphatic carbocycles. The van der Waals surface area contributed by atoms with Gasteiger partial charge in [-0.05, 0) is 63.8 Å². The van der Waals surface area contributed by atoms with Gasteiger partial charge in [-0.2, -0.15) is 0 Å². The molecule has 0 unspecified atom stereocenters. The molecule has 1 aliphatic rings. The molecule has 7 heteroatoms. The maximum Gasteiger partial charge on any atom is 0.344 e. The highest BCUT2D eigenvalue weighted by molar-refractivity contribution is 9.10. The zero-order valence-electron chi connectivity index (χ0n) is 18.4. The number of carbonyl (C=O) groups excluding carboxylic acids is 1. The van der Waals surface area contributed by atoms with E-state index in [-0.39, 0.29) is 5.43 Å². The van der Waals surface area contributed by atoms with Gasteiger partial charge in [0.05, 0.1) is 16.5 Å². The van der Waals surface area contributed by atoms with Crippen molar-refractivity contribution in [1.82, 2.24) is 0 Å². The van der Waals surface area contributed by atoms with Crippen LogP contribution < -0.4 is 19.6 Å². The van der Waals surface area contributed by atoms with Gasteiger partial charge >= 0.3 is 5.97 Å². The first-order valence-corrected chi connectivity index (χ1v) is 11.8. The first kappa shape index (κ1) is 22.2. The summed E-state index contributed by atoms with van der Waals surface area (Å²) < 4.78 is 23.4. The second-order valence-electron chi connectivity index (χ2n) is 7.91. The maximum absolute atomic E-state index is 13.4. The van der Waals surface area contributed by atoms with Crippen LogP contribution in [0.3, 0.4) is 0 Å². The van der Waals surface area contributed by atoms with Gasteiger partial charge in [-0.15, -0.1) is 0 Å². The van der Waals surface area contributed by atoms with Gasteiger partial charge in [0, 0.05) is 10.5 Å². The average molecular weight is 521 g/mol. The molecule has 2 heterocycles. The molecule has 1 aromatic heterocycles. The van der Waals surface area contributed by atoms with E-state index >= 15 is 0 Å². The smallest absolute Gasteiger partial charge is 0.344 e. The van der Waals surface area contributed by atoms with Crippen molar-refractivity contribution in [2.24, 2.45) is 0 Å². The number of rotatable bonds is 5. The number of aryl methyl sites for hydroxylation is 1. The fraction of sp³-hybridized carbons (Fsp3) is 0.185. The Morgan fingerprint density at radius 2 is 1.82 bits per heavy atom. The second kappa shape index (κ2) is 9.35. The molecule has 3 aromatic carbocycles. The van der Waals surface area contributed by atoms with E-state index in [2.05, 4.69) is 15.9 Å². The molecule has 0 spiro atoms. The SMILES string of the molecule is CCCc1cc2c(=O)c(-c3ccc4c(c3)OCCO4)coc2cc1OC(=O)c1ccccc1Br. The van der Waals surface area contributed by atoms with Crippen LogP contribution in [0.5, 0.6) is 17.2 Å². The number of halogens is 1. The van der Waals surface area contributed by atoms with Crippen molar-refractivity contribution in [2.45, 2.75) is 19.8 Å². The molecule has 5 rings (SSSR count). The standard InChI is InChI=1S/C27H21BrO6/c1-2-5-17-12-19-24(14-23(17)34-27(30)18-6-3-4-7-21(18)28)33-15-20(26(19)29)16-8-9-22-25(13-16)32-11-10-31-22/h3-4,6-9,12-15H,2,5,10-11H2,1H3. The second-order valence-corrected chi connectivity index (χ2v) is 8.77. The van der Waals surface area contributed by atoms with Gasteiger partial charge in [0.1, 0.15) is 30.8 Å². The first-order valence-electron chi connectivity index (χ1n) is 11.0. The molecular weight excluding hydrogens is 500 g/mol. The average Bonchev–Trinajstić information content (AvgIpc) is 2.85. The molecule has 0 saturated heterocycles. The lowest BCUT2D eigenvalue weighted by atomic mass is 10.0. The molecule has 0 fully saturated rings. The molecule has 6 nitrogen and oxygen atoms in total. The molecule has 172 valence electrons. The predicted molar refractivity (Wildman–Crippen MR) is 132 cm³/mol. The minimum absolute atomic E-state index is 0.168. The van der Waals surface area contributed by atoms with Crippen molar-refractivity contribution in [3.63, 3.8) is 0 Å². The minimum Gasteiger partial charge on any atom is -0.486 e. The molecule has 0 N–H and O–H groups in total. The zero-order valence-corrected chi connectivity index (χ0v) is 20.0. The van der Waals surface area contributed by atoms with Gasteiger partial charge in [0.15, 0.2) is 11.5 Å². The van der Waals surface area contributed by atoms with Crippen LogP contribution in [0.2, 0.25) is 0 Å². The number of benzene rings is 3. The van der Waals surface area contributed by atoms with Crippen LogP contribution in [0.1, 0.15) is 29.3 Å². The lowest BCUT2D eigenvalue weighted by Crippen LogP contribution is -2.15. The Morgan fingerprint density at radius 3 is 2.62 bits per heavy atom. The number of ether oxygens (including phenoxy) is 3. The Hall–Kier alpha value is -3.58. The van der Waals surface area contributed by atoms with Crippen LogP contribution in [0.4, 0.5) is 0 Å². The summed E-state index contributed by atoms with van der Waals surface area (Å²) in [5.41, 5.74) is 2.47. The summed E-state index contributed by atoms with van der Waals surface area (Å²) in [6.45, 7) is 2.99. The summed E-state index contributed by atoms with van der Waals surface area (Å²) in [4.78, 5) is 26.2. The summed E-state index contributed by atoms with van der Waals surface area (Å²) in [6.07, 6.45) is 2.88. The van der Waals surface area contributed by atoms with Crippen molar-refractivity contribution in [2.75, 3.05) is 13.2 Å². The third-order valence-electron chi connectivity index (χ3n) is 5.62. The van der Waals surface area contributed by atoms with E-state index in [9.17, 15) is 9.59 Å². The third-order valence-corrected chi connectivity index (χ3v) is 6.32. The van der Waals surface area contributed by atoms with Crippen LogP contribution in [0, 0.1) is 0 Å². The molecule has 1 aliphatic heterocycles. The number of carbonyl (C=O) groups is 1. The molecule has 0 saturated carbocycles. The highest BCUT2D eigenvalue weighted by Crippen LogP contribution is 2.35. The van der Waals surface area contributed by atoms with Gasteiger partial charge in [-0.3, -0.25) is 4.79 Å². The highest BCUT2D eigenvalue weighted by atomic mass is 79.9. The Bertz CT molecular complexity index is 1460. The summed E-state index contributed by atoms with van der Waals surface area (Å²) in [5, 5.41) is 0.427. The largest absolute Gasteiger partial charge is 0.486 e. The van der Waals surface area contributed by atoms with Crippen molar-refractivity contribution in [1.29, 1.82) is 0 Å². The van der Waals surface area contributed by atoms with E-state index in [0.717, 1.165) is 12.0 Å². The van der Waals surface area contributed by atoms with Crippen LogP contribution in [-0.2, 0) is 6.42 Å². The molecule has 0 amide bonds. The van der Waals surface area contributed by atoms with Crippen LogP contribution >= 0.6 is 15.9 Å². The zero-order chi connectivity index (χ0) is 23.7. The number of hydrogen-bond acceptors (Lipinski definition) is 6. The fourth-order valence-corrected chi connectivity index (χ4v) is 4.40. The topological polar surface area (TPSA) is 75.0 Å². The van der Waals surface area contributed by atoms with E-state index in [0.29, 0.717) is 69.0 Å². The first-order chi connectivity index (χ1) is 16.5. The van der Waals surface area contributed by atoms with Gasteiger partial charge < -0.3 is 18.6 Å². The number of esters is 1. The quantitative estimate of drug-likeness (QED) is 0.231. The molecule has 0 radical (unpaired) electrons. The van der Waals surface area contributed by atoms with Crippen LogP contribution in [0.25, 0.3) is 22.1 Å². The van der Waals surface area contributed by atoms with E-state index in [1.54, 1.807) is 42.5 Å². The Balaban J connectivity index is 1.56. The monoisotopic (exact) mass is 520 g/mol. The Kier molecular flexibility index (Phi) is 6.11. The molecular formula is C27H21BrO6. The van der Waals surface area contributed by atoms with E-state index in [4.69, 9.17) is 18.6 Å². The van der Waals surface area contributed by atoms with Crippen molar-refractivity contribution < 1.29 is 23.4 Å². The molecule has 0 atom stereocenters. The fourth-order valence-electron chi connectivity index (χ4n) is 3.95. The number of fused-ring (bicyclic) bond motifs is 2. The predicted octanol–water partition coefficient (Wildman–Crippen LogP) is 6.17. The van der Waals surface area contributed by atoms with E-state index in [1.807, 2.05) is 19.1 Å². The lowest BCUT2D eigenvalue weighted by molar-refractivity contribution is 0.0732. The van der Waals surface area contributed by atoms with Crippen molar-refractivity contribution >= 4 is 32.9 Å². The third kappa shape index (κ3) is 4.19. The Morgan fingerprint density at radius 1 is 1.03 bits per heavy atom.